The molecule has 2 atom stereocenters. The maximum atomic E-state index is 12.6. The average Bonchev–Trinajstić information content (AvgIpc) is 3.03. The van der Waals surface area contributed by atoms with E-state index in [1.165, 1.54) is 44.9 Å². The van der Waals surface area contributed by atoms with E-state index in [-0.39, 0.29) is 18.0 Å². The largest absolute Gasteiger partial charge is 0.480 e. The Morgan fingerprint density at radius 2 is 1.17 bits per heavy atom. The number of nitrogens with one attached hydrogen (secondary N) is 1. The number of ether oxygens (including phenoxy) is 1. The van der Waals surface area contributed by atoms with Crippen LogP contribution in [-0.2, 0) is 19.1 Å². The molecule has 0 saturated heterocycles. The summed E-state index contributed by atoms with van der Waals surface area (Å²) >= 11 is 0. The van der Waals surface area contributed by atoms with Gasteiger partial charge in [0.2, 0.25) is 5.91 Å². The summed E-state index contributed by atoms with van der Waals surface area (Å²) < 4.78 is 5.88. The van der Waals surface area contributed by atoms with Crippen LogP contribution >= 0.6 is 0 Å². The SMILES string of the molecule is CC/C=C\C/C=C\C/C=C\C/C=C\C(CCCCCCCC(=O)NC(CCCN)C(=O)O)OC(=O)CCCCCCCCCCC. The molecule has 46 heavy (non-hydrogen) atoms. The predicted octanol–water partition coefficient (Wildman–Crippen LogP) is 9.66. The Morgan fingerprint density at radius 3 is 1.74 bits per heavy atom. The number of hydrogen-bond acceptors (Lipinski definition) is 5. The van der Waals surface area contributed by atoms with Crippen LogP contribution in [0, 0.1) is 0 Å². The smallest absolute Gasteiger partial charge is 0.326 e. The molecule has 1 amide bonds. The highest BCUT2D eigenvalue weighted by atomic mass is 16.5. The Kier molecular flexibility index (Phi) is 31.7. The molecule has 2 unspecified atom stereocenters. The van der Waals surface area contributed by atoms with Gasteiger partial charge in [0, 0.05) is 12.8 Å². The summed E-state index contributed by atoms with van der Waals surface area (Å²) in [7, 11) is 0. The van der Waals surface area contributed by atoms with Crippen molar-refractivity contribution in [2.45, 2.75) is 174 Å². The molecule has 0 aromatic heterocycles. The fraction of sp³-hybridized carbons (Fsp3) is 0.718. The normalized spacial score (nSPS) is 13.3. The number of rotatable bonds is 32. The van der Waals surface area contributed by atoms with Gasteiger partial charge in [-0.15, -0.1) is 0 Å². The van der Waals surface area contributed by atoms with Crippen LogP contribution in [0.25, 0.3) is 0 Å². The molecule has 0 bridgehead atoms. The van der Waals surface area contributed by atoms with Crippen LogP contribution in [0.2, 0.25) is 0 Å². The van der Waals surface area contributed by atoms with E-state index in [1.54, 1.807) is 0 Å². The first-order chi connectivity index (χ1) is 22.4. The number of carboxylic acid groups (broad SMARTS) is 1. The van der Waals surface area contributed by atoms with Crippen molar-refractivity contribution in [1.82, 2.24) is 5.32 Å². The van der Waals surface area contributed by atoms with Crippen molar-refractivity contribution in [2.75, 3.05) is 6.54 Å². The Labute approximate surface area is 281 Å². The molecule has 0 heterocycles. The Morgan fingerprint density at radius 1 is 0.652 bits per heavy atom. The van der Waals surface area contributed by atoms with Crippen molar-refractivity contribution in [1.29, 1.82) is 0 Å². The molecule has 0 rings (SSSR count). The minimum Gasteiger partial charge on any atom is -0.480 e. The van der Waals surface area contributed by atoms with Crippen LogP contribution in [0.4, 0.5) is 0 Å². The van der Waals surface area contributed by atoms with Crippen molar-refractivity contribution in [3.05, 3.63) is 48.6 Å². The van der Waals surface area contributed by atoms with Gasteiger partial charge in [-0.25, -0.2) is 4.79 Å². The molecule has 0 radical (unpaired) electrons. The van der Waals surface area contributed by atoms with Gasteiger partial charge >= 0.3 is 11.9 Å². The van der Waals surface area contributed by atoms with E-state index in [4.69, 9.17) is 10.5 Å². The molecular formula is C39H68N2O5. The molecule has 0 spiro atoms. The van der Waals surface area contributed by atoms with E-state index >= 15 is 0 Å². The zero-order chi connectivity index (χ0) is 33.9. The number of allylic oxidation sites excluding steroid dienone is 7. The van der Waals surface area contributed by atoms with E-state index in [0.717, 1.165) is 77.0 Å². The summed E-state index contributed by atoms with van der Waals surface area (Å²) in [4.78, 5) is 36.1. The molecule has 0 fully saturated rings. The van der Waals surface area contributed by atoms with Gasteiger partial charge in [0.1, 0.15) is 12.1 Å². The summed E-state index contributed by atoms with van der Waals surface area (Å²) in [6.45, 7) is 4.78. The lowest BCUT2D eigenvalue weighted by Gasteiger charge is -2.15. The molecule has 264 valence electrons. The number of amides is 1. The van der Waals surface area contributed by atoms with Crippen LogP contribution in [0.15, 0.2) is 48.6 Å². The molecule has 0 aromatic carbocycles. The Balaban J connectivity index is 4.50. The first-order valence-electron chi connectivity index (χ1n) is 18.5. The minimum atomic E-state index is -1.02. The van der Waals surface area contributed by atoms with Crippen molar-refractivity contribution < 1.29 is 24.2 Å². The molecule has 0 aromatic rings. The highest BCUT2D eigenvalue weighted by Crippen LogP contribution is 2.15. The highest BCUT2D eigenvalue weighted by Gasteiger charge is 2.18. The van der Waals surface area contributed by atoms with Gasteiger partial charge < -0.3 is 20.9 Å². The highest BCUT2D eigenvalue weighted by molar-refractivity contribution is 5.83. The van der Waals surface area contributed by atoms with Crippen LogP contribution < -0.4 is 11.1 Å². The van der Waals surface area contributed by atoms with E-state index < -0.39 is 12.0 Å². The van der Waals surface area contributed by atoms with Crippen LogP contribution in [-0.4, -0.2) is 41.6 Å². The van der Waals surface area contributed by atoms with E-state index in [2.05, 4.69) is 61.7 Å². The van der Waals surface area contributed by atoms with E-state index in [9.17, 15) is 19.5 Å². The van der Waals surface area contributed by atoms with Crippen molar-refractivity contribution in [3.63, 3.8) is 0 Å². The molecule has 0 aliphatic carbocycles. The topological polar surface area (TPSA) is 119 Å². The molecule has 0 aliphatic rings. The lowest BCUT2D eigenvalue weighted by atomic mass is 10.1. The second kappa shape index (κ2) is 33.7. The van der Waals surface area contributed by atoms with Gasteiger partial charge in [-0.1, -0.05) is 127 Å². The Hall–Kier alpha value is -2.67. The van der Waals surface area contributed by atoms with Gasteiger partial charge in [-0.05, 0) is 76.8 Å². The number of hydrogen-bond donors (Lipinski definition) is 3. The lowest BCUT2D eigenvalue weighted by Crippen LogP contribution is -2.40. The number of carboxylic acids is 1. The lowest BCUT2D eigenvalue weighted by molar-refractivity contribution is -0.147. The van der Waals surface area contributed by atoms with E-state index in [1.807, 2.05) is 6.08 Å². The number of nitrogens with two attached hydrogens (primary N) is 1. The maximum absolute atomic E-state index is 12.6. The zero-order valence-electron chi connectivity index (χ0n) is 29.4. The van der Waals surface area contributed by atoms with Gasteiger partial charge in [0.15, 0.2) is 0 Å². The third-order valence-electron chi connectivity index (χ3n) is 7.89. The van der Waals surface area contributed by atoms with E-state index in [0.29, 0.717) is 32.2 Å². The fourth-order valence-electron chi connectivity index (χ4n) is 5.12. The van der Waals surface area contributed by atoms with Gasteiger partial charge in [-0.3, -0.25) is 9.59 Å². The standard InChI is InChI=1S/C39H68N2O5/c1-3-5-7-9-11-13-14-16-17-20-24-29-35(46-38(43)33-27-23-18-15-12-10-8-6-4-2)30-25-21-19-22-26-32-37(42)41-36(39(44)45)31-28-34-40/h5,7,11,13,16-17,24,29,35-36H,3-4,6,8-10,12,14-15,18-23,25-28,30-34,40H2,1-2H3,(H,41,42)(H,44,45)/b7-5-,13-11-,17-16-,29-24-. The summed E-state index contributed by atoms with van der Waals surface area (Å²) in [6, 6.07) is -0.866. The fourth-order valence-corrected chi connectivity index (χ4v) is 5.12. The molecule has 7 nitrogen and oxygen atoms in total. The first kappa shape index (κ1) is 43.3. The monoisotopic (exact) mass is 645 g/mol. The quantitative estimate of drug-likeness (QED) is 0.0381. The first-order valence-corrected chi connectivity index (χ1v) is 18.5. The second-order valence-electron chi connectivity index (χ2n) is 12.3. The Bertz CT molecular complexity index is 864. The number of carbonyl (C=O) groups excluding carboxylic acids is 2. The summed E-state index contributed by atoms with van der Waals surface area (Å²) in [5.41, 5.74) is 5.46. The molecule has 4 N–H and O–H groups in total. The summed E-state index contributed by atoms with van der Waals surface area (Å²) in [5.74, 6) is -1.34. The number of aliphatic carboxylic acids is 1. The van der Waals surface area contributed by atoms with Crippen molar-refractivity contribution in [2.24, 2.45) is 5.73 Å². The molecule has 0 aliphatic heterocycles. The second-order valence-corrected chi connectivity index (χ2v) is 12.3. The van der Waals surface area contributed by atoms with Crippen molar-refractivity contribution >= 4 is 17.8 Å². The van der Waals surface area contributed by atoms with Crippen LogP contribution in [0.5, 0.6) is 0 Å². The van der Waals surface area contributed by atoms with Gasteiger partial charge in [0.05, 0.1) is 0 Å². The maximum Gasteiger partial charge on any atom is 0.326 e. The van der Waals surface area contributed by atoms with Crippen LogP contribution in [0.3, 0.4) is 0 Å². The average molecular weight is 645 g/mol. The predicted molar refractivity (Wildman–Crippen MR) is 193 cm³/mol. The van der Waals surface area contributed by atoms with Gasteiger partial charge in [-0.2, -0.15) is 0 Å². The minimum absolute atomic E-state index is 0.104. The zero-order valence-corrected chi connectivity index (χ0v) is 29.4. The number of unbranched alkanes of at least 4 members (excludes halogenated alkanes) is 12. The van der Waals surface area contributed by atoms with Crippen molar-refractivity contribution in [3.8, 4) is 0 Å². The molecule has 0 saturated carbocycles. The summed E-state index contributed by atoms with van der Waals surface area (Å²) in [5, 5.41) is 11.9. The third kappa shape index (κ3) is 30.0. The number of carbonyl (C=O) groups is 3. The number of esters is 1. The molecular weight excluding hydrogens is 576 g/mol. The van der Waals surface area contributed by atoms with Gasteiger partial charge in [0.25, 0.3) is 0 Å². The third-order valence-corrected chi connectivity index (χ3v) is 7.89. The van der Waals surface area contributed by atoms with Crippen LogP contribution in [0.1, 0.15) is 162 Å². The summed E-state index contributed by atoms with van der Waals surface area (Å²) in [6.07, 6.45) is 38.8. The molecule has 7 heteroatoms.